The zero-order chi connectivity index (χ0) is 20.0. The summed E-state index contributed by atoms with van der Waals surface area (Å²) < 4.78 is 53.8. The number of anilines is 1. The third-order valence-corrected chi connectivity index (χ3v) is 3.44. The van der Waals surface area contributed by atoms with Gasteiger partial charge in [-0.1, -0.05) is 0 Å². The number of halogens is 4. The normalized spacial score (nSPS) is 12.7. The number of nitrogens with one attached hydrogen (secondary N) is 1. The average Bonchev–Trinajstić information content (AvgIpc) is 2.60. The molecule has 0 aromatic heterocycles. The Balaban J connectivity index is 2.15. The first kappa shape index (κ1) is 20.2. The number of alkyl halides is 3. The molecule has 0 radical (unpaired) electrons. The van der Waals surface area contributed by atoms with E-state index in [0.717, 1.165) is 0 Å². The Bertz CT molecular complexity index is 872. The van der Waals surface area contributed by atoms with Crippen molar-refractivity contribution in [2.45, 2.75) is 13.3 Å². The van der Waals surface area contributed by atoms with Gasteiger partial charge in [-0.05, 0) is 55.5 Å². The summed E-state index contributed by atoms with van der Waals surface area (Å²) in [6, 6.07) is 9.31. The number of carbonyl (C=O) groups is 1. The maximum absolute atomic E-state index is 13.4. The Morgan fingerprint density at radius 2 is 1.81 bits per heavy atom. The maximum Gasteiger partial charge on any atom is 0.573 e. The number of hydrogen-bond donors (Lipinski definition) is 1. The molecular formula is C19H16F4N2O2. The van der Waals surface area contributed by atoms with Gasteiger partial charge in [0.15, 0.2) is 6.29 Å². The van der Waals surface area contributed by atoms with Gasteiger partial charge in [0, 0.05) is 24.0 Å². The fraction of sp³-hybridized carbons (Fsp3) is 0.158. The molecule has 2 rings (SSSR count). The summed E-state index contributed by atoms with van der Waals surface area (Å²) >= 11 is 0. The van der Waals surface area contributed by atoms with Gasteiger partial charge in [-0.25, -0.2) is 4.39 Å². The smallest absolute Gasteiger partial charge is 0.406 e. The number of aldehydes is 1. The highest BCUT2D eigenvalue weighted by Gasteiger charge is 2.30. The van der Waals surface area contributed by atoms with Crippen LogP contribution in [0.3, 0.4) is 0 Å². The Labute approximate surface area is 153 Å². The number of hydrogen-bond acceptors (Lipinski definition) is 4. The Hall–Kier alpha value is -3.16. The van der Waals surface area contributed by atoms with Crippen molar-refractivity contribution in [3.8, 4) is 5.75 Å². The minimum atomic E-state index is -4.74. The number of ether oxygens (including phenoxy) is 1. The molecule has 0 atom stereocenters. The van der Waals surface area contributed by atoms with Crippen molar-refractivity contribution in [1.82, 2.24) is 0 Å². The predicted molar refractivity (Wildman–Crippen MR) is 94.8 cm³/mol. The van der Waals surface area contributed by atoms with Crippen LogP contribution in [0.5, 0.6) is 5.75 Å². The third-order valence-electron chi connectivity index (χ3n) is 3.44. The highest BCUT2D eigenvalue weighted by atomic mass is 19.4. The van der Waals surface area contributed by atoms with Crippen LogP contribution < -0.4 is 10.1 Å². The molecule has 0 aliphatic heterocycles. The van der Waals surface area contributed by atoms with E-state index in [1.165, 1.54) is 42.5 Å². The van der Waals surface area contributed by atoms with Crippen LogP contribution in [0.1, 0.15) is 22.8 Å². The second-order valence-corrected chi connectivity index (χ2v) is 5.49. The zero-order valence-electron chi connectivity index (χ0n) is 14.5. The van der Waals surface area contributed by atoms with Gasteiger partial charge >= 0.3 is 6.36 Å². The van der Waals surface area contributed by atoms with Gasteiger partial charge in [0.1, 0.15) is 11.6 Å². The maximum atomic E-state index is 13.4. The summed E-state index contributed by atoms with van der Waals surface area (Å²) in [5, 5.41) is 3.01. The summed E-state index contributed by atoms with van der Waals surface area (Å²) in [6.45, 7) is 1.73. The highest BCUT2D eigenvalue weighted by Crippen LogP contribution is 2.24. The molecule has 0 heterocycles. The van der Waals surface area contributed by atoms with E-state index in [2.05, 4.69) is 15.0 Å². The van der Waals surface area contributed by atoms with Crippen molar-refractivity contribution in [2.75, 3.05) is 12.4 Å². The predicted octanol–water partition coefficient (Wildman–Crippen LogP) is 4.97. The Kier molecular flexibility index (Phi) is 6.33. The number of allylic oxidation sites excluding steroid dienone is 2. The summed E-state index contributed by atoms with van der Waals surface area (Å²) in [4.78, 5) is 15.0. The summed E-state index contributed by atoms with van der Waals surface area (Å²) in [5.41, 5.74) is 2.16. The lowest BCUT2D eigenvalue weighted by Gasteiger charge is -2.11. The van der Waals surface area contributed by atoms with Gasteiger partial charge in [0.05, 0.1) is 11.3 Å². The second-order valence-electron chi connectivity index (χ2n) is 5.49. The van der Waals surface area contributed by atoms with Crippen LogP contribution in [0.2, 0.25) is 0 Å². The third kappa shape index (κ3) is 5.95. The molecule has 4 nitrogen and oxygen atoms in total. The van der Waals surface area contributed by atoms with Crippen molar-refractivity contribution in [1.29, 1.82) is 0 Å². The molecule has 142 valence electrons. The van der Waals surface area contributed by atoms with Crippen molar-refractivity contribution in [2.24, 2.45) is 4.99 Å². The largest absolute Gasteiger partial charge is 0.573 e. The number of carbonyl (C=O) groups excluding carboxylic acids is 1. The molecule has 0 aliphatic carbocycles. The molecule has 1 N–H and O–H groups in total. The molecule has 0 amide bonds. The van der Waals surface area contributed by atoms with Gasteiger partial charge in [-0.15, -0.1) is 13.2 Å². The fourth-order valence-corrected chi connectivity index (χ4v) is 2.28. The van der Waals surface area contributed by atoms with E-state index in [0.29, 0.717) is 28.9 Å². The van der Waals surface area contributed by atoms with Crippen molar-refractivity contribution < 1.29 is 27.1 Å². The Morgan fingerprint density at radius 1 is 1.15 bits per heavy atom. The molecule has 0 fully saturated rings. The minimum Gasteiger partial charge on any atom is -0.406 e. The molecular weight excluding hydrogens is 364 g/mol. The Morgan fingerprint density at radius 3 is 2.37 bits per heavy atom. The molecule has 8 heteroatoms. The lowest BCUT2D eigenvalue weighted by atomic mass is 10.1. The minimum absolute atomic E-state index is 0.0760. The summed E-state index contributed by atoms with van der Waals surface area (Å²) in [6.07, 6.45) is -2.65. The van der Waals surface area contributed by atoms with E-state index in [-0.39, 0.29) is 11.3 Å². The van der Waals surface area contributed by atoms with E-state index in [9.17, 15) is 22.4 Å². The molecule has 0 unspecified atom stereocenters. The molecule has 27 heavy (non-hydrogen) atoms. The van der Waals surface area contributed by atoms with E-state index in [1.54, 1.807) is 20.0 Å². The number of rotatable bonds is 6. The van der Waals surface area contributed by atoms with Crippen molar-refractivity contribution in [3.63, 3.8) is 0 Å². The lowest BCUT2D eigenvalue weighted by molar-refractivity contribution is -0.274. The zero-order valence-corrected chi connectivity index (χ0v) is 14.5. The fourth-order valence-electron chi connectivity index (χ4n) is 2.28. The SMILES string of the molecule is CN=C(/C=C(\C)Nc1ccc(OC(F)(F)F)cc1)c1ccc(F)c(C=O)c1. The van der Waals surface area contributed by atoms with E-state index in [1.807, 2.05) is 0 Å². The van der Waals surface area contributed by atoms with Crippen molar-refractivity contribution >= 4 is 17.7 Å². The molecule has 2 aromatic carbocycles. The van der Waals surface area contributed by atoms with E-state index >= 15 is 0 Å². The van der Waals surface area contributed by atoms with Gasteiger partial charge in [-0.2, -0.15) is 0 Å². The van der Waals surface area contributed by atoms with Crippen LogP contribution in [-0.2, 0) is 0 Å². The topological polar surface area (TPSA) is 50.7 Å². The van der Waals surface area contributed by atoms with Crippen LogP contribution in [-0.4, -0.2) is 25.4 Å². The molecule has 0 saturated heterocycles. The monoisotopic (exact) mass is 380 g/mol. The van der Waals surface area contributed by atoms with Gasteiger partial charge in [-0.3, -0.25) is 9.79 Å². The van der Waals surface area contributed by atoms with Crippen LogP contribution in [0.25, 0.3) is 0 Å². The van der Waals surface area contributed by atoms with E-state index < -0.39 is 12.2 Å². The lowest BCUT2D eigenvalue weighted by Crippen LogP contribution is -2.17. The van der Waals surface area contributed by atoms with Gasteiger partial charge < -0.3 is 10.1 Å². The van der Waals surface area contributed by atoms with Crippen LogP contribution in [0.4, 0.5) is 23.2 Å². The number of nitrogens with zero attached hydrogens (tertiary/aromatic N) is 1. The standard InChI is InChI=1S/C19H16F4N2O2/c1-12(25-15-4-6-16(7-5-15)27-19(21,22)23)9-18(24-2)13-3-8-17(20)14(10-13)11-26/h3-11,25H,1-2H3/b12-9+,24-18?. The summed E-state index contributed by atoms with van der Waals surface area (Å²) in [5.74, 6) is -0.942. The molecule has 0 saturated carbocycles. The molecule has 0 aliphatic rings. The summed E-state index contributed by atoms with van der Waals surface area (Å²) in [7, 11) is 1.55. The van der Waals surface area contributed by atoms with Crippen LogP contribution >= 0.6 is 0 Å². The number of benzene rings is 2. The average molecular weight is 380 g/mol. The molecule has 2 aromatic rings. The van der Waals surface area contributed by atoms with Gasteiger partial charge in [0.2, 0.25) is 0 Å². The molecule has 0 spiro atoms. The first-order valence-corrected chi connectivity index (χ1v) is 7.75. The van der Waals surface area contributed by atoms with Crippen LogP contribution in [0.15, 0.2) is 59.2 Å². The van der Waals surface area contributed by atoms with E-state index in [4.69, 9.17) is 0 Å². The van der Waals surface area contributed by atoms with Gasteiger partial charge in [0.25, 0.3) is 0 Å². The quantitative estimate of drug-likeness (QED) is 0.437. The second kappa shape index (κ2) is 8.48. The first-order chi connectivity index (χ1) is 12.7. The van der Waals surface area contributed by atoms with Crippen molar-refractivity contribution in [3.05, 3.63) is 71.2 Å². The first-order valence-electron chi connectivity index (χ1n) is 7.75. The molecule has 0 bridgehead atoms. The highest BCUT2D eigenvalue weighted by molar-refractivity contribution is 6.09. The number of aliphatic imine (C=N–C) groups is 1. The van der Waals surface area contributed by atoms with Crippen LogP contribution in [0, 0.1) is 5.82 Å².